The van der Waals surface area contributed by atoms with Crippen molar-refractivity contribution in [3.63, 3.8) is 0 Å². The van der Waals surface area contributed by atoms with Crippen molar-refractivity contribution in [3.8, 4) is 0 Å². The fraction of sp³-hybridized carbons (Fsp3) is 0.700. The lowest BCUT2D eigenvalue weighted by Crippen LogP contribution is -2.33. The van der Waals surface area contributed by atoms with Crippen LogP contribution in [-0.4, -0.2) is 29.6 Å². The van der Waals surface area contributed by atoms with Gasteiger partial charge in [-0.1, -0.05) is 65.3 Å². The van der Waals surface area contributed by atoms with Gasteiger partial charge in [-0.05, 0) is 35.8 Å². The maximum Gasteiger partial charge on any atom is 0.0802 e. The molecule has 0 heterocycles. The minimum Gasteiger partial charge on any atom is -0.388 e. The van der Waals surface area contributed by atoms with Gasteiger partial charge in [0.2, 0.25) is 0 Å². The molecule has 0 bridgehead atoms. The molecule has 0 aliphatic carbocycles. The molecule has 1 aromatic rings. The average Bonchev–Trinajstić information content (AvgIpc) is 2.44. The summed E-state index contributed by atoms with van der Waals surface area (Å²) < 4.78 is 0. The van der Waals surface area contributed by atoms with Gasteiger partial charge in [-0.2, -0.15) is 0 Å². The lowest BCUT2D eigenvalue weighted by atomic mass is 10.0. The highest BCUT2D eigenvalue weighted by Crippen LogP contribution is 2.19. The largest absolute Gasteiger partial charge is 0.388 e. The molecule has 1 N–H and O–H groups in total. The maximum atomic E-state index is 10.4. The SMILES string of the molecule is CCCc1ccc(C(O)CCN(CC(C)C)CC(C)C)cc1. The Morgan fingerprint density at radius 3 is 1.95 bits per heavy atom. The molecule has 1 rings (SSSR count). The van der Waals surface area contributed by atoms with E-state index >= 15 is 0 Å². The van der Waals surface area contributed by atoms with Crippen molar-refractivity contribution in [1.82, 2.24) is 4.90 Å². The van der Waals surface area contributed by atoms with E-state index in [-0.39, 0.29) is 6.10 Å². The second-order valence-electron chi connectivity index (χ2n) is 7.34. The molecule has 0 saturated carbocycles. The molecule has 0 aromatic heterocycles. The minimum atomic E-state index is -0.350. The molecule has 0 saturated heterocycles. The summed E-state index contributed by atoms with van der Waals surface area (Å²) in [5.74, 6) is 1.34. The van der Waals surface area contributed by atoms with E-state index in [9.17, 15) is 5.11 Å². The van der Waals surface area contributed by atoms with E-state index in [4.69, 9.17) is 0 Å². The zero-order valence-electron chi connectivity index (χ0n) is 15.2. The molecule has 0 radical (unpaired) electrons. The van der Waals surface area contributed by atoms with Gasteiger partial charge in [0, 0.05) is 19.6 Å². The summed E-state index contributed by atoms with van der Waals surface area (Å²) in [7, 11) is 0. The molecule has 0 fully saturated rings. The van der Waals surface area contributed by atoms with Crippen molar-refractivity contribution in [1.29, 1.82) is 0 Å². The van der Waals surface area contributed by atoms with Crippen molar-refractivity contribution in [2.45, 2.75) is 60.0 Å². The van der Waals surface area contributed by atoms with Crippen molar-refractivity contribution >= 4 is 0 Å². The molecule has 1 unspecified atom stereocenters. The van der Waals surface area contributed by atoms with Crippen LogP contribution in [0.3, 0.4) is 0 Å². The number of aliphatic hydroxyl groups excluding tert-OH is 1. The van der Waals surface area contributed by atoms with Crippen LogP contribution >= 0.6 is 0 Å². The van der Waals surface area contributed by atoms with E-state index in [2.05, 4.69) is 63.8 Å². The van der Waals surface area contributed by atoms with Crippen LogP contribution in [-0.2, 0) is 6.42 Å². The van der Waals surface area contributed by atoms with Crippen molar-refractivity contribution in [2.75, 3.05) is 19.6 Å². The molecule has 126 valence electrons. The van der Waals surface area contributed by atoms with Crippen LogP contribution < -0.4 is 0 Å². The zero-order chi connectivity index (χ0) is 16.5. The summed E-state index contributed by atoms with van der Waals surface area (Å²) in [6.45, 7) is 14.4. The number of benzene rings is 1. The summed E-state index contributed by atoms with van der Waals surface area (Å²) in [6.07, 6.45) is 2.75. The minimum absolute atomic E-state index is 0.350. The second kappa shape index (κ2) is 10.0. The van der Waals surface area contributed by atoms with Crippen LogP contribution in [0.4, 0.5) is 0 Å². The third-order valence-electron chi connectivity index (χ3n) is 3.87. The summed E-state index contributed by atoms with van der Waals surface area (Å²) in [6, 6.07) is 8.49. The first-order valence-electron chi connectivity index (χ1n) is 8.91. The topological polar surface area (TPSA) is 23.5 Å². The predicted octanol–water partition coefficient (Wildman–Crippen LogP) is 4.68. The number of hydrogen-bond acceptors (Lipinski definition) is 2. The summed E-state index contributed by atoms with van der Waals surface area (Å²) in [5, 5.41) is 10.4. The zero-order valence-corrected chi connectivity index (χ0v) is 15.2. The third-order valence-corrected chi connectivity index (χ3v) is 3.87. The highest BCUT2D eigenvalue weighted by molar-refractivity contribution is 5.24. The molecule has 0 spiro atoms. The van der Waals surface area contributed by atoms with Crippen molar-refractivity contribution in [2.24, 2.45) is 11.8 Å². The van der Waals surface area contributed by atoms with Gasteiger partial charge < -0.3 is 10.0 Å². The first-order valence-corrected chi connectivity index (χ1v) is 8.91. The molecule has 22 heavy (non-hydrogen) atoms. The highest BCUT2D eigenvalue weighted by atomic mass is 16.3. The van der Waals surface area contributed by atoms with Crippen LogP contribution in [0.2, 0.25) is 0 Å². The summed E-state index contributed by atoms with van der Waals surface area (Å²) in [5.41, 5.74) is 2.41. The Balaban J connectivity index is 2.52. The quantitative estimate of drug-likeness (QED) is 0.678. The first-order chi connectivity index (χ1) is 10.4. The molecular formula is C20H35NO. The van der Waals surface area contributed by atoms with Crippen LogP contribution in [0.15, 0.2) is 24.3 Å². The van der Waals surface area contributed by atoms with Gasteiger partial charge in [-0.15, -0.1) is 0 Å². The Morgan fingerprint density at radius 2 is 1.50 bits per heavy atom. The van der Waals surface area contributed by atoms with E-state index in [1.807, 2.05) is 0 Å². The number of nitrogens with zero attached hydrogens (tertiary/aromatic N) is 1. The molecule has 2 nitrogen and oxygen atoms in total. The van der Waals surface area contributed by atoms with Gasteiger partial charge in [0.15, 0.2) is 0 Å². The van der Waals surface area contributed by atoms with E-state index in [1.165, 1.54) is 12.0 Å². The molecule has 0 aliphatic heterocycles. The lowest BCUT2D eigenvalue weighted by molar-refractivity contribution is 0.131. The van der Waals surface area contributed by atoms with E-state index in [0.717, 1.165) is 38.0 Å². The third kappa shape index (κ3) is 7.42. The van der Waals surface area contributed by atoms with Crippen LogP contribution in [0.5, 0.6) is 0 Å². The molecule has 0 aliphatic rings. The van der Waals surface area contributed by atoms with Gasteiger partial charge in [-0.25, -0.2) is 0 Å². The maximum absolute atomic E-state index is 10.4. The Morgan fingerprint density at radius 1 is 0.955 bits per heavy atom. The number of hydrogen-bond donors (Lipinski definition) is 1. The molecular weight excluding hydrogens is 270 g/mol. The normalized spacial score (nSPS) is 13.3. The average molecular weight is 306 g/mol. The Hall–Kier alpha value is -0.860. The fourth-order valence-electron chi connectivity index (χ4n) is 2.96. The fourth-order valence-corrected chi connectivity index (χ4v) is 2.96. The Bertz CT molecular complexity index is 387. The summed E-state index contributed by atoms with van der Waals surface area (Å²) >= 11 is 0. The second-order valence-corrected chi connectivity index (χ2v) is 7.34. The van der Waals surface area contributed by atoms with Crippen molar-refractivity contribution in [3.05, 3.63) is 35.4 Å². The van der Waals surface area contributed by atoms with Gasteiger partial charge in [0.1, 0.15) is 0 Å². The standard InChI is InChI=1S/C20H35NO/c1-6-7-18-8-10-19(11-9-18)20(22)12-13-21(14-16(2)3)15-17(4)5/h8-11,16-17,20,22H,6-7,12-15H2,1-5H3. The molecule has 0 amide bonds. The van der Waals surface area contributed by atoms with Crippen LogP contribution in [0, 0.1) is 11.8 Å². The van der Waals surface area contributed by atoms with Gasteiger partial charge in [-0.3, -0.25) is 0 Å². The Kier molecular flexibility index (Phi) is 8.74. The van der Waals surface area contributed by atoms with Crippen molar-refractivity contribution < 1.29 is 5.11 Å². The highest BCUT2D eigenvalue weighted by Gasteiger charge is 2.13. The smallest absolute Gasteiger partial charge is 0.0802 e. The van der Waals surface area contributed by atoms with E-state index < -0.39 is 0 Å². The predicted molar refractivity (Wildman–Crippen MR) is 96.1 cm³/mol. The number of aryl methyl sites for hydroxylation is 1. The van der Waals surface area contributed by atoms with Crippen LogP contribution in [0.1, 0.15) is 64.7 Å². The van der Waals surface area contributed by atoms with E-state index in [1.54, 1.807) is 0 Å². The number of rotatable bonds is 10. The molecule has 1 atom stereocenters. The molecule has 2 heteroatoms. The Labute approximate surface area is 137 Å². The van der Waals surface area contributed by atoms with Gasteiger partial charge in [0.25, 0.3) is 0 Å². The lowest BCUT2D eigenvalue weighted by Gasteiger charge is -2.27. The van der Waals surface area contributed by atoms with E-state index in [0.29, 0.717) is 11.8 Å². The van der Waals surface area contributed by atoms with Gasteiger partial charge >= 0.3 is 0 Å². The first kappa shape index (κ1) is 19.2. The molecule has 1 aromatic carbocycles. The number of aliphatic hydroxyl groups is 1. The summed E-state index contributed by atoms with van der Waals surface area (Å²) in [4.78, 5) is 2.49. The van der Waals surface area contributed by atoms with Gasteiger partial charge in [0.05, 0.1) is 6.10 Å². The monoisotopic (exact) mass is 305 g/mol. The van der Waals surface area contributed by atoms with Crippen LogP contribution in [0.25, 0.3) is 0 Å².